The summed E-state index contributed by atoms with van der Waals surface area (Å²) in [5, 5.41) is 9.34. The molecule has 0 aliphatic carbocycles. The van der Waals surface area contributed by atoms with E-state index in [4.69, 9.17) is 0 Å². The number of aliphatic imine (C=N–C) groups is 1. The Bertz CT molecular complexity index is 520. The fraction of sp³-hybridized carbons (Fsp3) is 0.556. The number of carbonyl (C=O) groups excluding carboxylic acids is 1. The summed E-state index contributed by atoms with van der Waals surface area (Å²) in [4.78, 5) is 15.4. The van der Waals surface area contributed by atoms with E-state index >= 15 is 0 Å². The molecule has 0 saturated carbocycles. The number of amides is 1. The highest BCUT2D eigenvalue weighted by Gasteiger charge is 2.05. The van der Waals surface area contributed by atoms with Crippen LogP contribution in [0.1, 0.15) is 45.1 Å². The molecule has 3 N–H and O–H groups in total. The van der Waals surface area contributed by atoms with E-state index in [-0.39, 0.29) is 24.0 Å². The zero-order chi connectivity index (χ0) is 17.8. The maximum absolute atomic E-state index is 11.1. The second-order valence-corrected chi connectivity index (χ2v) is 5.78. The van der Waals surface area contributed by atoms with Crippen molar-refractivity contribution in [3.05, 3.63) is 29.8 Å². The number of guanidine groups is 1. The van der Waals surface area contributed by atoms with E-state index in [1.54, 1.807) is 7.05 Å². The van der Waals surface area contributed by atoms with E-state index in [1.165, 1.54) is 26.4 Å². The number of anilines is 1. The highest BCUT2D eigenvalue weighted by molar-refractivity contribution is 14.0. The van der Waals surface area contributed by atoms with E-state index in [1.807, 2.05) is 24.3 Å². The summed E-state index contributed by atoms with van der Waals surface area (Å²) in [6.07, 6.45) is 4.41. The van der Waals surface area contributed by atoms with Gasteiger partial charge in [-0.1, -0.05) is 38.3 Å². The van der Waals surface area contributed by atoms with Gasteiger partial charge in [-0.05, 0) is 31.0 Å². The van der Waals surface area contributed by atoms with Crippen molar-refractivity contribution in [1.82, 2.24) is 10.6 Å². The topological polar surface area (TPSA) is 74.8 Å². The lowest BCUT2D eigenvalue weighted by atomic mass is 10.1. The van der Waals surface area contributed by atoms with Crippen molar-refractivity contribution in [1.29, 1.82) is 0 Å². The second kappa shape index (κ2) is 13.7. The molecule has 7 heteroatoms. The first-order valence-corrected chi connectivity index (χ1v) is 8.50. The largest absolute Gasteiger partial charge is 0.453 e. The molecule has 0 fully saturated rings. The summed E-state index contributed by atoms with van der Waals surface area (Å²) in [7, 11) is 3.12. The number of rotatable bonds is 8. The summed E-state index contributed by atoms with van der Waals surface area (Å²) < 4.78 is 4.56. The van der Waals surface area contributed by atoms with Gasteiger partial charge in [-0.2, -0.15) is 0 Å². The first-order valence-electron chi connectivity index (χ1n) is 8.50. The van der Waals surface area contributed by atoms with Gasteiger partial charge in [0.2, 0.25) is 0 Å². The third-order valence-electron chi connectivity index (χ3n) is 3.69. The van der Waals surface area contributed by atoms with E-state index in [9.17, 15) is 4.79 Å². The van der Waals surface area contributed by atoms with Crippen molar-refractivity contribution in [2.45, 2.75) is 52.1 Å². The van der Waals surface area contributed by atoms with E-state index in [0.29, 0.717) is 18.3 Å². The number of ether oxygens (including phenoxy) is 1. The Balaban J connectivity index is 0.00000576. The molecule has 0 saturated heterocycles. The van der Waals surface area contributed by atoms with Crippen LogP contribution in [0.25, 0.3) is 0 Å². The molecule has 1 atom stereocenters. The minimum absolute atomic E-state index is 0. The lowest BCUT2D eigenvalue weighted by molar-refractivity contribution is 0.187. The quantitative estimate of drug-likeness (QED) is 0.235. The van der Waals surface area contributed by atoms with Gasteiger partial charge in [0.15, 0.2) is 5.96 Å². The van der Waals surface area contributed by atoms with Crippen LogP contribution in [0, 0.1) is 0 Å². The number of methoxy groups -OCH3 is 1. The average Bonchev–Trinajstić information content (AvgIpc) is 2.59. The van der Waals surface area contributed by atoms with Crippen molar-refractivity contribution < 1.29 is 9.53 Å². The molecule has 0 bridgehead atoms. The third kappa shape index (κ3) is 10.2. The summed E-state index contributed by atoms with van der Waals surface area (Å²) in [5.74, 6) is 0.802. The molecule has 6 nitrogen and oxygen atoms in total. The Kier molecular flexibility index (Phi) is 12.9. The van der Waals surface area contributed by atoms with Gasteiger partial charge in [0, 0.05) is 25.3 Å². The van der Waals surface area contributed by atoms with Gasteiger partial charge in [0.1, 0.15) is 0 Å². The van der Waals surface area contributed by atoms with Crippen LogP contribution in [0.3, 0.4) is 0 Å². The molecule has 1 aromatic rings. The number of hydrogen-bond donors (Lipinski definition) is 3. The molecule has 0 heterocycles. The maximum atomic E-state index is 11.1. The summed E-state index contributed by atoms with van der Waals surface area (Å²) in [5.41, 5.74) is 1.81. The number of benzene rings is 1. The number of nitrogens with one attached hydrogen (secondary N) is 3. The number of nitrogens with zero attached hydrogens (tertiary/aromatic N) is 1. The normalized spacial score (nSPS) is 11.9. The van der Waals surface area contributed by atoms with Crippen LogP contribution in [-0.4, -0.2) is 32.3 Å². The summed E-state index contributed by atoms with van der Waals surface area (Å²) in [6.45, 7) is 5.06. The molecule has 0 radical (unpaired) electrons. The number of carbonyl (C=O) groups is 1. The first-order chi connectivity index (χ1) is 11.6. The zero-order valence-corrected chi connectivity index (χ0v) is 17.9. The van der Waals surface area contributed by atoms with Gasteiger partial charge in [-0.15, -0.1) is 24.0 Å². The lowest BCUT2D eigenvalue weighted by Gasteiger charge is -2.18. The molecule has 142 valence electrons. The summed E-state index contributed by atoms with van der Waals surface area (Å²) in [6, 6.07) is 8.00. The van der Waals surface area contributed by atoms with E-state index in [2.05, 4.69) is 39.5 Å². The average molecular weight is 462 g/mol. The molecule has 1 aromatic carbocycles. The van der Waals surface area contributed by atoms with E-state index < -0.39 is 6.09 Å². The summed E-state index contributed by atoms with van der Waals surface area (Å²) >= 11 is 0. The zero-order valence-electron chi connectivity index (χ0n) is 15.6. The van der Waals surface area contributed by atoms with Crippen LogP contribution in [0.2, 0.25) is 0 Å². The number of unbranched alkanes of at least 4 members (excludes halogenated alkanes) is 2. The smallest absolute Gasteiger partial charge is 0.411 e. The van der Waals surface area contributed by atoms with Gasteiger partial charge in [0.05, 0.1) is 7.11 Å². The van der Waals surface area contributed by atoms with Crippen molar-refractivity contribution >= 4 is 41.7 Å². The van der Waals surface area contributed by atoms with Crippen LogP contribution in [0.4, 0.5) is 10.5 Å². The first kappa shape index (κ1) is 23.5. The highest BCUT2D eigenvalue weighted by Crippen LogP contribution is 2.09. The molecule has 25 heavy (non-hydrogen) atoms. The minimum Gasteiger partial charge on any atom is -0.453 e. The van der Waals surface area contributed by atoms with Crippen molar-refractivity contribution in [3.8, 4) is 0 Å². The Morgan fingerprint density at radius 2 is 1.92 bits per heavy atom. The molecular formula is C18H31IN4O2. The number of hydrogen-bond acceptors (Lipinski definition) is 3. The SMILES string of the molecule is CCCCCC(C)NC(=NC)NCc1ccc(NC(=O)OC)cc1.I. The third-order valence-corrected chi connectivity index (χ3v) is 3.69. The van der Waals surface area contributed by atoms with E-state index in [0.717, 1.165) is 17.9 Å². The fourth-order valence-corrected chi connectivity index (χ4v) is 2.26. The molecular weight excluding hydrogens is 431 g/mol. The van der Waals surface area contributed by atoms with Crippen LogP contribution in [0.15, 0.2) is 29.3 Å². The number of halogens is 1. The van der Waals surface area contributed by atoms with Crippen molar-refractivity contribution in [3.63, 3.8) is 0 Å². The minimum atomic E-state index is -0.470. The van der Waals surface area contributed by atoms with Crippen LogP contribution >= 0.6 is 24.0 Å². The predicted molar refractivity (Wildman–Crippen MR) is 115 cm³/mol. The molecule has 1 unspecified atom stereocenters. The van der Waals surface area contributed by atoms with Crippen molar-refractivity contribution in [2.75, 3.05) is 19.5 Å². The van der Waals surface area contributed by atoms with Gasteiger partial charge in [-0.25, -0.2) is 4.79 Å². The van der Waals surface area contributed by atoms with Crippen LogP contribution < -0.4 is 16.0 Å². The maximum Gasteiger partial charge on any atom is 0.411 e. The second-order valence-electron chi connectivity index (χ2n) is 5.78. The van der Waals surface area contributed by atoms with Crippen LogP contribution in [0.5, 0.6) is 0 Å². The Morgan fingerprint density at radius 1 is 1.24 bits per heavy atom. The molecule has 1 amide bonds. The standard InChI is InChI=1S/C18H30N4O2.HI/c1-5-6-7-8-14(2)21-17(19-3)20-13-15-9-11-16(12-10-15)22-18(23)24-4;/h9-12,14H,5-8,13H2,1-4H3,(H,22,23)(H2,19,20,21);1H. The molecule has 0 spiro atoms. The molecule has 0 aromatic heterocycles. The van der Waals surface area contributed by atoms with Crippen LogP contribution in [-0.2, 0) is 11.3 Å². The Hall–Kier alpha value is -1.51. The molecule has 1 rings (SSSR count). The lowest BCUT2D eigenvalue weighted by Crippen LogP contribution is -2.41. The monoisotopic (exact) mass is 462 g/mol. The highest BCUT2D eigenvalue weighted by atomic mass is 127. The Labute approximate surface area is 168 Å². The van der Waals surface area contributed by atoms with Gasteiger partial charge in [-0.3, -0.25) is 10.3 Å². The molecule has 0 aliphatic rings. The van der Waals surface area contributed by atoms with Gasteiger partial charge in [0.25, 0.3) is 0 Å². The fourth-order valence-electron chi connectivity index (χ4n) is 2.26. The van der Waals surface area contributed by atoms with Gasteiger partial charge >= 0.3 is 6.09 Å². The molecule has 0 aliphatic heterocycles. The predicted octanol–water partition coefficient (Wildman–Crippen LogP) is 4.12. The Morgan fingerprint density at radius 3 is 2.48 bits per heavy atom. The van der Waals surface area contributed by atoms with Crippen molar-refractivity contribution in [2.24, 2.45) is 4.99 Å². The van der Waals surface area contributed by atoms with Gasteiger partial charge < -0.3 is 15.4 Å².